The molecule has 2 heterocycles. The van der Waals surface area contributed by atoms with Crippen molar-refractivity contribution in [1.29, 1.82) is 0 Å². The van der Waals surface area contributed by atoms with Gasteiger partial charge in [0, 0.05) is 17.5 Å². The Balaban J connectivity index is 1.92. The third-order valence-corrected chi connectivity index (χ3v) is 5.09. The average molecular weight is 309 g/mol. The molecule has 1 aromatic heterocycles. The summed E-state index contributed by atoms with van der Waals surface area (Å²) in [6.07, 6.45) is 1.14. The number of rotatable bonds is 7. The largest absolute Gasteiger partial charge is 0.347 e. The number of thiophene rings is 1. The van der Waals surface area contributed by atoms with Crippen molar-refractivity contribution in [3.05, 3.63) is 22.4 Å². The number of amides is 1. The number of nitrogens with zero attached hydrogens (tertiary/aromatic N) is 1. The Morgan fingerprint density at radius 3 is 2.90 bits per heavy atom. The van der Waals surface area contributed by atoms with E-state index < -0.39 is 0 Å². The lowest BCUT2D eigenvalue weighted by atomic mass is 10.0. The fraction of sp³-hybridized carbons (Fsp3) is 0.688. The molecule has 0 aromatic carbocycles. The van der Waals surface area contributed by atoms with Gasteiger partial charge in [-0.25, -0.2) is 0 Å². The molecule has 2 N–H and O–H groups in total. The van der Waals surface area contributed by atoms with E-state index >= 15 is 0 Å². The molecule has 0 bridgehead atoms. The third kappa shape index (κ3) is 4.53. The maximum Gasteiger partial charge on any atom is 0.234 e. The van der Waals surface area contributed by atoms with Gasteiger partial charge in [0.15, 0.2) is 0 Å². The van der Waals surface area contributed by atoms with E-state index in [2.05, 4.69) is 47.8 Å². The van der Waals surface area contributed by atoms with Crippen LogP contribution in [0.3, 0.4) is 0 Å². The van der Waals surface area contributed by atoms with Crippen LogP contribution in [0.2, 0.25) is 0 Å². The molecule has 0 radical (unpaired) electrons. The molecule has 0 aliphatic carbocycles. The average Bonchev–Trinajstić information content (AvgIpc) is 3.14. The number of carbonyl (C=O) groups excluding carboxylic acids is 1. The van der Waals surface area contributed by atoms with Gasteiger partial charge < -0.3 is 10.6 Å². The summed E-state index contributed by atoms with van der Waals surface area (Å²) in [5.41, 5.74) is 0. The Hall–Kier alpha value is -0.910. The van der Waals surface area contributed by atoms with Crippen LogP contribution in [-0.4, -0.2) is 43.0 Å². The van der Waals surface area contributed by atoms with Gasteiger partial charge >= 0.3 is 0 Å². The highest BCUT2D eigenvalue weighted by Gasteiger charge is 2.25. The summed E-state index contributed by atoms with van der Waals surface area (Å²) in [6, 6.07) is 4.77. The van der Waals surface area contributed by atoms with E-state index in [1.807, 2.05) is 6.07 Å². The molecule has 0 saturated carbocycles. The molecular formula is C16H27N3OS. The highest BCUT2D eigenvalue weighted by Crippen LogP contribution is 2.25. The van der Waals surface area contributed by atoms with Crippen LogP contribution >= 0.6 is 11.3 Å². The van der Waals surface area contributed by atoms with E-state index in [0.717, 1.165) is 26.1 Å². The van der Waals surface area contributed by atoms with Crippen LogP contribution in [0.4, 0.5) is 0 Å². The summed E-state index contributed by atoms with van der Waals surface area (Å²) >= 11 is 1.71. The van der Waals surface area contributed by atoms with Crippen molar-refractivity contribution in [1.82, 2.24) is 15.5 Å². The zero-order valence-electron chi connectivity index (χ0n) is 13.3. The van der Waals surface area contributed by atoms with E-state index in [-0.39, 0.29) is 11.9 Å². The second-order valence-corrected chi connectivity index (χ2v) is 6.99. The van der Waals surface area contributed by atoms with Crippen molar-refractivity contribution in [3.63, 3.8) is 0 Å². The van der Waals surface area contributed by atoms with Crippen LogP contribution in [0.1, 0.15) is 38.1 Å². The second kappa shape index (κ2) is 7.92. The second-order valence-electron chi connectivity index (χ2n) is 6.01. The smallest absolute Gasteiger partial charge is 0.234 e. The number of hydrogen-bond donors (Lipinski definition) is 2. The van der Waals surface area contributed by atoms with Crippen molar-refractivity contribution in [2.24, 2.45) is 5.92 Å². The highest BCUT2D eigenvalue weighted by atomic mass is 32.1. The summed E-state index contributed by atoms with van der Waals surface area (Å²) < 4.78 is 0. The summed E-state index contributed by atoms with van der Waals surface area (Å²) in [7, 11) is 0. The van der Waals surface area contributed by atoms with Crippen LogP contribution < -0.4 is 10.6 Å². The molecule has 1 amide bonds. The lowest BCUT2D eigenvalue weighted by Gasteiger charge is -2.28. The maximum absolute atomic E-state index is 12.4. The van der Waals surface area contributed by atoms with Gasteiger partial charge in [0.25, 0.3) is 0 Å². The van der Waals surface area contributed by atoms with Gasteiger partial charge in [0.05, 0.1) is 12.6 Å². The fourth-order valence-electron chi connectivity index (χ4n) is 2.89. The molecule has 5 heteroatoms. The topological polar surface area (TPSA) is 44.4 Å². The quantitative estimate of drug-likeness (QED) is 0.812. The van der Waals surface area contributed by atoms with Crippen LogP contribution in [0.5, 0.6) is 0 Å². The number of hydrogen-bond acceptors (Lipinski definition) is 4. The van der Waals surface area contributed by atoms with Gasteiger partial charge in [-0.05, 0) is 36.9 Å². The van der Waals surface area contributed by atoms with Crippen LogP contribution in [0.15, 0.2) is 17.5 Å². The van der Waals surface area contributed by atoms with Crippen LogP contribution in [0, 0.1) is 5.92 Å². The molecule has 1 fully saturated rings. The van der Waals surface area contributed by atoms with Crippen molar-refractivity contribution < 1.29 is 4.79 Å². The maximum atomic E-state index is 12.4. The molecular weight excluding hydrogens is 282 g/mol. The highest BCUT2D eigenvalue weighted by molar-refractivity contribution is 7.10. The molecule has 1 saturated heterocycles. The summed E-state index contributed by atoms with van der Waals surface area (Å²) in [5, 5.41) is 8.66. The minimum Gasteiger partial charge on any atom is -0.347 e. The van der Waals surface area contributed by atoms with Gasteiger partial charge in [-0.1, -0.05) is 26.8 Å². The SMILES string of the molecule is CCN(CC(=O)NC(c1cccs1)C(C)C)C1CCNC1. The van der Waals surface area contributed by atoms with Crippen molar-refractivity contribution >= 4 is 17.2 Å². The van der Waals surface area contributed by atoms with E-state index in [9.17, 15) is 4.79 Å². The van der Waals surface area contributed by atoms with E-state index in [1.54, 1.807) is 11.3 Å². The van der Waals surface area contributed by atoms with Gasteiger partial charge in [0.2, 0.25) is 5.91 Å². The first-order valence-corrected chi connectivity index (χ1v) is 8.77. The molecule has 1 aliphatic rings. The van der Waals surface area contributed by atoms with Crippen molar-refractivity contribution in [2.75, 3.05) is 26.2 Å². The Bertz CT molecular complexity index is 427. The molecule has 2 rings (SSSR count). The van der Waals surface area contributed by atoms with Crippen LogP contribution in [0.25, 0.3) is 0 Å². The van der Waals surface area contributed by atoms with E-state index in [4.69, 9.17) is 0 Å². The van der Waals surface area contributed by atoms with E-state index in [1.165, 1.54) is 4.88 Å². The first-order chi connectivity index (χ1) is 10.1. The van der Waals surface area contributed by atoms with Crippen molar-refractivity contribution in [2.45, 2.75) is 39.3 Å². The molecule has 2 atom stereocenters. The Kier molecular flexibility index (Phi) is 6.21. The molecule has 118 valence electrons. The minimum atomic E-state index is 0.123. The lowest BCUT2D eigenvalue weighted by Crippen LogP contribution is -2.45. The van der Waals surface area contributed by atoms with Crippen molar-refractivity contribution in [3.8, 4) is 0 Å². The Morgan fingerprint density at radius 2 is 2.38 bits per heavy atom. The molecule has 0 spiro atoms. The Labute approximate surface area is 131 Å². The molecule has 2 unspecified atom stereocenters. The van der Waals surface area contributed by atoms with Gasteiger partial charge in [-0.15, -0.1) is 11.3 Å². The summed E-state index contributed by atoms with van der Waals surface area (Å²) in [4.78, 5) is 15.9. The first-order valence-electron chi connectivity index (χ1n) is 7.89. The molecule has 1 aromatic rings. The zero-order chi connectivity index (χ0) is 15.2. The standard InChI is InChI=1S/C16H27N3OS/c1-4-19(13-7-8-17-10-13)11-15(20)18-16(12(2)3)14-6-5-9-21-14/h5-6,9,12-13,16-17H,4,7-8,10-11H2,1-3H3,(H,18,20). The summed E-state index contributed by atoms with van der Waals surface area (Å²) in [5.74, 6) is 0.534. The minimum absolute atomic E-state index is 0.123. The fourth-order valence-corrected chi connectivity index (χ4v) is 3.84. The monoisotopic (exact) mass is 309 g/mol. The number of carbonyl (C=O) groups is 1. The van der Waals surface area contributed by atoms with Gasteiger partial charge in [-0.3, -0.25) is 9.69 Å². The normalized spacial score (nSPS) is 20.1. The predicted molar refractivity (Wildman–Crippen MR) is 88.6 cm³/mol. The van der Waals surface area contributed by atoms with Gasteiger partial charge in [0.1, 0.15) is 0 Å². The molecule has 21 heavy (non-hydrogen) atoms. The van der Waals surface area contributed by atoms with Gasteiger partial charge in [-0.2, -0.15) is 0 Å². The van der Waals surface area contributed by atoms with E-state index in [0.29, 0.717) is 18.5 Å². The number of likely N-dealkylation sites (N-methyl/N-ethyl adjacent to an activating group) is 1. The summed E-state index contributed by atoms with van der Waals surface area (Å²) in [6.45, 7) is 9.92. The number of nitrogens with one attached hydrogen (secondary N) is 2. The molecule has 4 nitrogen and oxygen atoms in total. The zero-order valence-corrected chi connectivity index (χ0v) is 14.1. The third-order valence-electron chi connectivity index (χ3n) is 4.14. The molecule has 1 aliphatic heterocycles. The first kappa shape index (κ1) is 16.5. The Morgan fingerprint density at radius 1 is 1.57 bits per heavy atom. The van der Waals surface area contributed by atoms with Crippen LogP contribution in [-0.2, 0) is 4.79 Å². The lowest BCUT2D eigenvalue weighted by molar-refractivity contribution is -0.123. The predicted octanol–water partition coefficient (Wildman–Crippen LogP) is 2.25.